The highest BCUT2D eigenvalue weighted by Crippen LogP contribution is 2.20. The van der Waals surface area contributed by atoms with Crippen LogP contribution in [0.25, 0.3) is 0 Å². The number of nitrogens with zero attached hydrogens (tertiary/aromatic N) is 1. The Kier molecular flexibility index (Phi) is 4.20. The first-order valence-electron chi connectivity index (χ1n) is 6.36. The minimum Gasteiger partial charge on any atom is -0.497 e. The summed E-state index contributed by atoms with van der Waals surface area (Å²) in [7, 11) is 3.63. The Balaban J connectivity index is 2.01. The van der Waals surface area contributed by atoms with Gasteiger partial charge in [-0.1, -0.05) is 12.5 Å². The molecule has 18 heavy (non-hydrogen) atoms. The number of ether oxygens (including phenoxy) is 1. The average molecular weight is 248 g/mol. The second-order valence-electron chi connectivity index (χ2n) is 4.71. The van der Waals surface area contributed by atoms with Crippen molar-refractivity contribution >= 4 is 11.6 Å². The van der Waals surface area contributed by atoms with E-state index in [0.29, 0.717) is 0 Å². The number of benzene rings is 1. The van der Waals surface area contributed by atoms with Crippen LogP contribution >= 0.6 is 0 Å². The molecule has 1 aliphatic heterocycles. The molecule has 1 atom stereocenters. The minimum absolute atomic E-state index is 0.00930. The number of hydrogen-bond acceptors (Lipinski definition) is 3. The van der Waals surface area contributed by atoms with Gasteiger partial charge in [-0.05, 0) is 38.6 Å². The number of anilines is 1. The molecule has 0 spiro atoms. The summed E-state index contributed by atoms with van der Waals surface area (Å²) in [6.45, 7) is 0.996. The third-order valence-electron chi connectivity index (χ3n) is 3.41. The Morgan fingerprint density at radius 1 is 1.44 bits per heavy atom. The van der Waals surface area contributed by atoms with Crippen molar-refractivity contribution in [1.82, 2.24) is 4.90 Å². The summed E-state index contributed by atoms with van der Waals surface area (Å²) in [4.78, 5) is 14.3. The largest absolute Gasteiger partial charge is 0.497 e. The van der Waals surface area contributed by atoms with Crippen molar-refractivity contribution in [2.24, 2.45) is 0 Å². The fourth-order valence-electron chi connectivity index (χ4n) is 2.33. The molecular formula is C14H20N2O2. The SMILES string of the molecule is COc1cccc(NC(=O)C2CCCCN2C)c1. The van der Waals surface area contributed by atoms with Gasteiger partial charge < -0.3 is 10.1 Å². The summed E-state index contributed by atoms with van der Waals surface area (Å²) in [6.07, 6.45) is 3.24. The molecule has 0 bridgehead atoms. The molecular weight excluding hydrogens is 228 g/mol. The molecule has 1 aromatic rings. The second-order valence-corrected chi connectivity index (χ2v) is 4.71. The summed E-state index contributed by atoms with van der Waals surface area (Å²) in [5.74, 6) is 0.829. The molecule has 4 heteroatoms. The van der Waals surface area contributed by atoms with Gasteiger partial charge in [-0.3, -0.25) is 9.69 Å². The second kappa shape index (κ2) is 5.87. The lowest BCUT2D eigenvalue weighted by atomic mass is 10.0. The van der Waals surface area contributed by atoms with Crippen LogP contribution in [-0.4, -0.2) is 37.6 Å². The Morgan fingerprint density at radius 3 is 3.00 bits per heavy atom. The number of likely N-dealkylation sites (tertiary alicyclic amines) is 1. The molecule has 1 aliphatic rings. The zero-order chi connectivity index (χ0) is 13.0. The molecule has 1 heterocycles. The number of nitrogens with one attached hydrogen (secondary N) is 1. The van der Waals surface area contributed by atoms with E-state index in [4.69, 9.17) is 4.74 Å². The van der Waals surface area contributed by atoms with Gasteiger partial charge in [0.15, 0.2) is 0 Å². The van der Waals surface area contributed by atoms with Gasteiger partial charge in [0, 0.05) is 11.8 Å². The molecule has 0 aromatic heterocycles. The van der Waals surface area contributed by atoms with E-state index in [0.717, 1.165) is 30.8 Å². The molecule has 1 N–H and O–H groups in total. The predicted octanol–water partition coefficient (Wildman–Crippen LogP) is 2.12. The van der Waals surface area contributed by atoms with Crippen molar-refractivity contribution in [1.29, 1.82) is 0 Å². The summed E-state index contributed by atoms with van der Waals surface area (Å²) < 4.78 is 5.14. The van der Waals surface area contributed by atoms with Crippen LogP contribution in [0.5, 0.6) is 5.75 Å². The maximum absolute atomic E-state index is 12.2. The molecule has 0 saturated carbocycles. The summed E-state index contributed by atoms with van der Waals surface area (Å²) in [5.41, 5.74) is 0.790. The number of amides is 1. The smallest absolute Gasteiger partial charge is 0.241 e. The van der Waals surface area contributed by atoms with Crippen molar-refractivity contribution in [2.75, 3.05) is 26.0 Å². The molecule has 2 rings (SSSR count). The number of hydrogen-bond donors (Lipinski definition) is 1. The van der Waals surface area contributed by atoms with Crippen molar-refractivity contribution < 1.29 is 9.53 Å². The Labute approximate surface area is 108 Å². The lowest BCUT2D eigenvalue weighted by Crippen LogP contribution is -2.44. The fraction of sp³-hybridized carbons (Fsp3) is 0.500. The van der Waals surface area contributed by atoms with Crippen LogP contribution in [0.3, 0.4) is 0 Å². The highest BCUT2D eigenvalue weighted by Gasteiger charge is 2.25. The Morgan fingerprint density at radius 2 is 2.28 bits per heavy atom. The zero-order valence-electron chi connectivity index (χ0n) is 11.0. The monoisotopic (exact) mass is 248 g/mol. The van der Waals surface area contributed by atoms with Gasteiger partial charge in [0.1, 0.15) is 5.75 Å². The molecule has 1 aromatic carbocycles. The maximum atomic E-state index is 12.2. The van der Waals surface area contributed by atoms with E-state index in [2.05, 4.69) is 10.2 Å². The van der Waals surface area contributed by atoms with Crippen LogP contribution in [0.2, 0.25) is 0 Å². The molecule has 1 unspecified atom stereocenters. The van der Waals surface area contributed by atoms with E-state index in [9.17, 15) is 4.79 Å². The molecule has 1 saturated heterocycles. The van der Waals surface area contributed by atoms with Gasteiger partial charge in [0.25, 0.3) is 0 Å². The predicted molar refractivity (Wildman–Crippen MR) is 71.9 cm³/mol. The first-order valence-corrected chi connectivity index (χ1v) is 6.36. The summed E-state index contributed by atoms with van der Waals surface area (Å²) >= 11 is 0. The van der Waals surface area contributed by atoms with E-state index in [1.807, 2.05) is 31.3 Å². The minimum atomic E-state index is -0.00930. The summed E-state index contributed by atoms with van der Waals surface area (Å²) in [6, 6.07) is 7.44. The number of piperidine rings is 1. The lowest BCUT2D eigenvalue weighted by Gasteiger charge is -2.31. The van der Waals surface area contributed by atoms with Crippen LogP contribution in [-0.2, 0) is 4.79 Å². The van der Waals surface area contributed by atoms with Crippen molar-refractivity contribution in [3.05, 3.63) is 24.3 Å². The summed E-state index contributed by atoms with van der Waals surface area (Å²) in [5, 5.41) is 2.96. The Bertz CT molecular complexity index is 420. The number of carbonyl (C=O) groups is 1. The quantitative estimate of drug-likeness (QED) is 0.891. The first-order chi connectivity index (χ1) is 8.70. The van der Waals surface area contributed by atoms with E-state index in [1.165, 1.54) is 6.42 Å². The molecule has 98 valence electrons. The topological polar surface area (TPSA) is 41.6 Å². The molecule has 0 aliphatic carbocycles. The van der Waals surface area contributed by atoms with E-state index < -0.39 is 0 Å². The number of likely N-dealkylation sites (N-methyl/N-ethyl adjacent to an activating group) is 1. The fourth-order valence-corrected chi connectivity index (χ4v) is 2.33. The number of rotatable bonds is 3. The normalized spacial score (nSPS) is 20.4. The molecule has 1 amide bonds. The Hall–Kier alpha value is -1.55. The van der Waals surface area contributed by atoms with Crippen LogP contribution in [0.1, 0.15) is 19.3 Å². The third kappa shape index (κ3) is 3.01. The number of carbonyl (C=O) groups excluding carboxylic acids is 1. The van der Waals surface area contributed by atoms with Gasteiger partial charge in [-0.25, -0.2) is 0 Å². The highest BCUT2D eigenvalue weighted by atomic mass is 16.5. The van der Waals surface area contributed by atoms with Crippen LogP contribution < -0.4 is 10.1 Å². The van der Waals surface area contributed by atoms with Crippen LogP contribution in [0.4, 0.5) is 5.69 Å². The van der Waals surface area contributed by atoms with Crippen molar-refractivity contribution in [3.63, 3.8) is 0 Å². The third-order valence-corrected chi connectivity index (χ3v) is 3.41. The highest BCUT2D eigenvalue weighted by molar-refractivity contribution is 5.95. The molecule has 0 radical (unpaired) electrons. The number of methoxy groups -OCH3 is 1. The zero-order valence-corrected chi connectivity index (χ0v) is 11.0. The van der Waals surface area contributed by atoms with Crippen LogP contribution in [0.15, 0.2) is 24.3 Å². The van der Waals surface area contributed by atoms with E-state index in [-0.39, 0.29) is 11.9 Å². The van der Waals surface area contributed by atoms with Gasteiger partial charge in [-0.2, -0.15) is 0 Å². The van der Waals surface area contributed by atoms with Gasteiger partial charge >= 0.3 is 0 Å². The maximum Gasteiger partial charge on any atom is 0.241 e. The standard InChI is InChI=1S/C14H20N2O2/c1-16-9-4-3-8-13(16)14(17)15-11-6-5-7-12(10-11)18-2/h5-7,10,13H,3-4,8-9H2,1-2H3,(H,15,17). The van der Waals surface area contributed by atoms with E-state index >= 15 is 0 Å². The lowest BCUT2D eigenvalue weighted by molar-refractivity contribution is -0.121. The molecule has 4 nitrogen and oxygen atoms in total. The first kappa shape index (κ1) is 12.9. The average Bonchev–Trinajstić information content (AvgIpc) is 2.39. The molecule has 1 fully saturated rings. The van der Waals surface area contributed by atoms with E-state index in [1.54, 1.807) is 7.11 Å². The van der Waals surface area contributed by atoms with Crippen molar-refractivity contribution in [2.45, 2.75) is 25.3 Å². The van der Waals surface area contributed by atoms with Crippen molar-refractivity contribution in [3.8, 4) is 5.75 Å². The van der Waals surface area contributed by atoms with Gasteiger partial charge in [0.2, 0.25) is 5.91 Å². The van der Waals surface area contributed by atoms with Gasteiger partial charge in [0.05, 0.1) is 13.2 Å². The van der Waals surface area contributed by atoms with Gasteiger partial charge in [-0.15, -0.1) is 0 Å². The van der Waals surface area contributed by atoms with Crippen LogP contribution in [0, 0.1) is 0 Å².